The second-order valence-electron chi connectivity index (χ2n) is 11.4. The van der Waals surface area contributed by atoms with Crippen molar-refractivity contribution in [2.45, 2.75) is 0 Å². The van der Waals surface area contributed by atoms with E-state index in [9.17, 15) is 1.37 Å². The minimum absolute atomic E-state index is 0.0157. The van der Waals surface area contributed by atoms with Crippen LogP contribution in [0, 0.1) is 0 Å². The summed E-state index contributed by atoms with van der Waals surface area (Å²) < 4.78 is 79.2. The van der Waals surface area contributed by atoms with Gasteiger partial charge in [0.25, 0.3) is 0 Å². The smallest absolute Gasteiger partial charge is 0.166 e. The first kappa shape index (κ1) is 20.6. The van der Waals surface area contributed by atoms with Gasteiger partial charge in [-0.2, -0.15) is 0 Å². The fourth-order valence-electron chi connectivity index (χ4n) is 6.16. The number of rotatable bonds is 6. The van der Waals surface area contributed by atoms with Gasteiger partial charge in [0.2, 0.25) is 0 Å². The molecule has 0 aliphatic rings. The Balaban J connectivity index is 1.30. The zero-order valence-corrected chi connectivity index (χ0v) is 25.9. The van der Waals surface area contributed by atoms with E-state index >= 15 is 0 Å². The van der Waals surface area contributed by atoms with Crippen molar-refractivity contribution in [2.24, 2.45) is 0 Å². The first-order chi connectivity index (χ1) is 28.0. The molecule has 9 rings (SSSR count). The van der Waals surface area contributed by atoms with Crippen molar-refractivity contribution in [2.75, 3.05) is 0 Å². The standard InChI is InChI=1S/C45H30N4/c1-4-14-31(15-5-1)33-24-26-35(27-25-33)44-46-43(34-18-8-3-9-19-34)47-45(48-44)38-21-11-13-23-41(38)49-40-22-12-10-20-37(40)39-30-36(28-29-42(39)49)32-16-6-2-7-17-32/h1-30H/i2D,6D,7D,10D,12D,16D,17D,20D,22D. The van der Waals surface area contributed by atoms with Gasteiger partial charge in [-0.25, -0.2) is 15.0 Å². The molecule has 0 aliphatic heterocycles. The summed E-state index contributed by atoms with van der Waals surface area (Å²) in [6, 6.07) is 36.3. The van der Waals surface area contributed by atoms with E-state index in [4.69, 9.17) is 25.9 Å². The summed E-state index contributed by atoms with van der Waals surface area (Å²) in [5, 5.41) is 0.616. The molecule has 0 saturated carbocycles. The van der Waals surface area contributed by atoms with Crippen LogP contribution in [0.25, 0.3) is 83.9 Å². The first-order valence-corrected chi connectivity index (χ1v) is 15.7. The Morgan fingerprint density at radius 1 is 0.388 bits per heavy atom. The molecule has 49 heavy (non-hydrogen) atoms. The zero-order chi connectivity index (χ0) is 40.4. The first-order valence-electron chi connectivity index (χ1n) is 20.2. The van der Waals surface area contributed by atoms with Crippen LogP contribution in [0.4, 0.5) is 0 Å². The largest absolute Gasteiger partial charge is 0.309 e. The van der Waals surface area contributed by atoms with E-state index in [0.29, 0.717) is 45.2 Å². The molecular weight excluding hydrogens is 597 g/mol. The van der Waals surface area contributed by atoms with Gasteiger partial charge in [0.15, 0.2) is 17.5 Å². The molecule has 0 radical (unpaired) electrons. The molecule has 0 unspecified atom stereocenters. The van der Waals surface area contributed by atoms with Crippen LogP contribution >= 0.6 is 0 Å². The van der Waals surface area contributed by atoms with Crippen molar-refractivity contribution in [3.63, 3.8) is 0 Å². The van der Waals surface area contributed by atoms with Gasteiger partial charge in [-0.15, -0.1) is 0 Å². The van der Waals surface area contributed by atoms with Gasteiger partial charge in [0.05, 0.1) is 29.1 Å². The number of hydrogen-bond donors (Lipinski definition) is 0. The zero-order valence-electron chi connectivity index (χ0n) is 34.9. The van der Waals surface area contributed by atoms with Crippen LogP contribution in [0.5, 0.6) is 0 Å². The summed E-state index contributed by atoms with van der Waals surface area (Å²) in [6.07, 6.45) is 0. The normalized spacial score (nSPS) is 13.8. The van der Waals surface area contributed by atoms with Crippen LogP contribution in [0.3, 0.4) is 0 Å². The number of fused-ring (bicyclic) bond motifs is 3. The van der Waals surface area contributed by atoms with Crippen molar-refractivity contribution >= 4 is 21.8 Å². The maximum Gasteiger partial charge on any atom is 0.166 e. The lowest BCUT2D eigenvalue weighted by atomic mass is 10.0. The Morgan fingerprint density at radius 2 is 0.939 bits per heavy atom. The molecule has 0 aliphatic carbocycles. The fraction of sp³-hybridized carbons (Fsp3) is 0. The van der Waals surface area contributed by atoms with E-state index in [1.807, 2.05) is 109 Å². The van der Waals surface area contributed by atoms with Crippen molar-refractivity contribution < 1.29 is 12.3 Å². The number of para-hydroxylation sites is 2. The van der Waals surface area contributed by atoms with Crippen molar-refractivity contribution in [3.8, 4) is 62.1 Å². The SMILES string of the molecule is [2H]c1c([2H])c([2H])c(-c2ccc3c(c2)c2c([2H])c([2H])c([2H])c([2H])c2n3-c2ccccc2-c2nc(-c3ccccc3)nc(-c3ccc(-c4ccccc4)cc3)n2)c([2H])c1[2H]. The Kier molecular flexibility index (Phi) is 5.11. The monoisotopic (exact) mass is 635 g/mol. The number of nitrogens with zero attached hydrogens (tertiary/aromatic N) is 4. The van der Waals surface area contributed by atoms with Gasteiger partial charge in [0.1, 0.15) is 0 Å². The molecule has 0 fully saturated rings. The van der Waals surface area contributed by atoms with Crippen LogP contribution in [-0.4, -0.2) is 19.5 Å². The summed E-state index contributed by atoms with van der Waals surface area (Å²) in [7, 11) is 0. The van der Waals surface area contributed by atoms with Gasteiger partial charge in [-0.05, 0) is 52.6 Å². The number of aromatic nitrogens is 4. The maximum atomic E-state index is 9.18. The Labute approximate surface area is 297 Å². The predicted molar refractivity (Wildman–Crippen MR) is 201 cm³/mol. The predicted octanol–water partition coefficient (Wildman–Crippen LogP) is 11.3. The summed E-state index contributed by atoms with van der Waals surface area (Å²) >= 11 is 0. The van der Waals surface area contributed by atoms with E-state index < -0.39 is 30.2 Å². The second-order valence-corrected chi connectivity index (χ2v) is 11.4. The van der Waals surface area contributed by atoms with Gasteiger partial charge < -0.3 is 4.57 Å². The minimum Gasteiger partial charge on any atom is -0.309 e. The molecule has 4 heteroatoms. The highest BCUT2D eigenvalue weighted by Crippen LogP contribution is 2.38. The molecule has 0 bridgehead atoms. The average Bonchev–Trinajstić information content (AvgIpc) is 3.61. The Hall–Kier alpha value is -6.65. The van der Waals surface area contributed by atoms with E-state index in [-0.39, 0.29) is 40.6 Å². The Bertz CT molecular complexity index is 3070. The molecule has 7 aromatic carbocycles. The third-order valence-electron chi connectivity index (χ3n) is 8.49. The molecule has 0 saturated heterocycles. The molecule has 0 atom stereocenters. The molecular formula is C45H30N4. The highest BCUT2D eigenvalue weighted by Gasteiger charge is 2.19. The maximum absolute atomic E-state index is 9.18. The van der Waals surface area contributed by atoms with Crippen molar-refractivity contribution in [1.29, 1.82) is 0 Å². The molecule has 2 heterocycles. The van der Waals surface area contributed by atoms with Crippen LogP contribution in [0.1, 0.15) is 12.3 Å². The van der Waals surface area contributed by atoms with Gasteiger partial charge in [0, 0.05) is 27.5 Å². The van der Waals surface area contributed by atoms with E-state index in [2.05, 4.69) is 0 Å². The number of benzene rings is 7. The lowest BCUT2D eigenvalue weighted by Crippen LogP contribution is -2.03. The molecule has 2 aromatic heterocycles. The second kappa shape index (κ2) is 12.2. The minimum atomic E-state index is -0.511. The van der Waals surface area contributed by atoms with E-state index in [1.54, 1.807) is 22.8 Å². The molecule has 0 spiro atoms. The summed E-state index contributed by atoms with van der Waals surface area (Å²) in [4.78, 5) is 14.9. The van der Waals surface area contributed by atoms with Crippen LogP contribution in [-0.2, 0) is 0 Å². The molecule has 0 amide bonds. The molecule has 230 valence electrons. The molecule has 0 N–H and O–H groups in total. The highest BCUT2D eigenvalue weighted by molar-refractivity contribution is 6.11. The Morgan fingerprint density at radius 3 is 1.69 bits per heavy atom. The average molecular weight is 636 g/mol. The topological polar surface area (TPSA) is 43.6 Å². The van der Waals surface area contributed by atoms with Crippen LogP contribution in [0.2, 0.25) is 0 Å². The van der Waals surface area contributed by atoms with Crippen LogP contribution in [0.15, 0.2) is 182 Å². The van der Waals surface area contributed by atoms with Crippen LogP contribution < -0.4 is 0 Å². The molecule has 9 aromatic rings. The van der Waals surface area contributed by atoms with E-state index in [0.717, 1.165) is 22.3 Å². The lowest BCUT2D eigenvalue weighted by Gasteiger charge is -2.15. The lowest BCUT2D eigenvalue weighted by molar-refractivity contribution is 1.06. The quantitative estimate of drug-likeness (QED) is 0.183. The van der Waals surface area contributed by atoms with Crippen molar-refractivity contribution in [3.05, 3.63) is 182 Å². The number of hydrogen-bond acceptors (Lipinski definition) is 3. The summed E-state index contributed by atoms with van der Waals surface area (Å²) in [5.74, 6) is 1.21. The third-order valence-corrected chi connectivity index (χ3v) is 8.49. The highest BCUT2D eigenvalue weighted by atomic mass is 15.1. The summed E-state index contributed by atoms with van der Waals surface area (Å²) in [6.45, 7) is 0. The fourth-order valence-corrected chi connectivity index (χ4v) is 6.16. The van der Waals surface area contributed by atoms with Gasteiger partial charge in [-0.1, -0.05) is 151 Å². The van der Waals surface area contributed by atoms with E-state index in [1.165, 1.54) is 0 Å². The van der Waals surface area contributed by atoms with Gasteiger partial charge in [-0.3, -0.25) is 0 Å². The molecule has 4 nitrogen and oxygen atoms in total. The van der Waals surface area contributed by atoms with Gasteiger partial charge >= 0.3 is 0 Å². The summed E-state index contributed by atoms with van der Waals surface area (Å²) in [5.41, 5.74) is 5.73. The third kappa shape index (κ3) is 5.26. The van der Waals surface area contributed by atoms with Crippen molar-refractivity contribution in [1.82, 2.24) is 19.5 Å².